The average molecular weight is 364 g/mol. The fourth-order valence-electron chi connectivity index (χ4n) is 2.23. The molecule has 146 valence electrons. The number of guanidine groups is 1. The van der Waals surface area contributed by atoms with Crippen LogP contribution in [0.2, 0.25) is 0 Å². The van der Waals surface area contributed by atoms with Crippen LogP contribution in [0.25, 0.3) is 0 Å². The minimum absolute atomic E-state index is 0.0412. The van der Waals surface area contributed by atoms with Crippen LogP contribution in [0.5, 0.6) is 11.5 Å². The predicted molar refractivity (Wildman–Crippen MR) is 105 cm³/mol. The smallest absolute Gasteiger partial charge is 0.221 e. The Morgan fingerprint density at radius 2 is 1.96 bits per heavy atom. The second-order valence-corrected chi connectivity index (χ2v) is 5.93. The number of carbonyl (C=O) groups excluding carboxylic acids is 1. The summed E-state index contributed by atoms with van der Waals surface area (Å²) in [7, 11) is 3.25. The van der Waals surface area contributed by atoms with Gasteiger partial charge in [0.05, 0.1) is 20.8 Å². The van der Waals surface area contributed by atoms with Crippen LogP contribution < -0.4 is 25.4 Å². The Kier molecular flexibility index (Phi) is 9.97. The van der Waals surface area contributed by atoms with E-state index in [1.807, 2.05) is 39.0 Å². The molecule has 1 aromatic carbocycles. The highest BCUT2D eigenvalue weighted by Gasteiger charge is 2.07. The number of ether oxygens (including phenoxy) is 2. The van der Waals surface area contributed by atoms with Gasteiger partial charge in [0.1, 0.15) is 11.5 Å². The molecular formula is C19H32N4O3. The summed E-state index contributed by atoms with van der Waals surface area (Å²) in [6.45, 7) is 7.77. The van der Waals surface area contributed by atoms with E-state index < -0.39 is 0 Å². The van der Waals surface area contributed by atoms with Crippen LogP contribution in [-0.4, -0.2) is 45.2 Å². The number of rotatable bonds is 10. The second kappa shape index (κ2) is 12.0. The third-order valence-electron chi connectivity index (χ3n) is 3.91. The van der Waals surface area contributed by atoms with Crippen LogP contribution in [0.4, 0.5) is 0 Å². The fraction of sp³-hybridized carbons (Fsp3) is 0.579. The third-order valence-corrected chi connectivity index (χ3v) is 3.91. The zero-order chi connectivity index (χ0) is 19.4. The van der Waals surface area contributed by atoms with E-state index in [0.717, 1.165) is 30.0 Å². The van der Waals surface area contributed by atoms with Crippen molar-refractivity contribution in [3.63, 3.8) is 0 Å². The molecule has 0 aliphatic carbocycles. The monoisotopic (exact) mass is 364 g/mol. The number of aliphatic imine (C=N–C) groups is 1. The molecule has 0 spiro atoms. The topological polar surface area (TPSA) is 84.0 Å². The lowest BCUT2D eigenvalue weighted by atomic mass is 10.2. The van der Waals surface area contributed by atoms with Crippen molar-refractivity contribution in [3.8, 4) is 11.5 Å². The summed E-state index contributed by atoms with van der Waals surface area (Å²) in [6.07, 6.45) is 1.33. The lowest BCUT2D eigenvalue weighted by Crippen LogP contribution is -2.40. The van der Waals surface area contributed by atoms with E-state index in [1.165, 1.54) is 0 Å². The minimum atomic E-state index is 0.0412. The van der Waals surface area contributed by atoms with E-state index in [-0.39, 0.29) is 11.9 Å². The standard InChI is InChI=1S/C19H32N4O3/c1-6-14(3)23-18(24)10-11-21-19(20-7-2)22-13-15-8-9-16(25-4)12-17(15)26-5/h8-9,12,14H,6-7,10-11,13H2,1-5H3,(H,23,24)(H2,20,21,22). The van der Waals surface area contributed by atoms with Crippen molar-refractivity contribution in [2.45, 2.75) is 46.2 Å². The normalized spacial score (nSPS) is 12.3. The first-order valence-corrected chi connectivity index (χ1v) is 9.06. The number of nitrogens with zero attached hydrogens (tertiary/aromatic N) is 1. The van der Waals surface area contributed by atoms with E-state index in [4.69, 9.17) is 9.47 Å². The highest BCUT2D eigenvalue weighted by Crippen LogP contribution is 2.25. The molecule has 0 aromatic heterocycles. The maximum absolute atomic E-state index is 11.8. The zero-order valence-corrected chi connectivity index (χ0v) is 16.5. The molecule has 0 saturated heterocycles. The Bertz CT molecular complexity index is 590. The molecule has 0 fully saturated rings. The predicted octanol–water partition coefficient (Wildman–Crippen LogP) is 2.06. The van der Waals surface area contributed by atoms with E-state index in [2.05, 4.69) is 20.9 Å². The van der Waals surface area contributed by atoms with Gasteiger partial charge in [0.25, 0.3) is 0 Å². The van der Waals surface area contributed by atoms with Gasteiger partial charge >= 0.3 is 0 Å². The molecule has 7 nitrogen and oxygen atoms in total. The van der Waals surface area contributed by atoms with Crippen LogP contribution in [0.3, 0.4) is 0 Å². The summed E-state index contributed by atoms with van der Waals surface area (Å²) in [5.74, 6) is 2.19. The van der Waals surface area contributed by atoms with Crippen LogP contribution in [0, 0.1) is 0 Å². The maximum Gasteiger partial charge on any atom is 0.221 e. The van der Waals surface area contributed by atoms with Crippen molar-refractivity contribution in [1.82, 2.24) is 16.0 Å². The summed E-state index contributed by atoms with van der Waals surface area (Å²) >= 11 is 0. The van der Waals surface area contributed by atoms with Gasteiger partial charge in [0, 0.05) is 37.2 Å². The minimum Gasteiger partial charge on any atom is -0.497 e. The molecule has 1 unspecified atom stereocenters. The van der Waals surface area contributed by atoms with Gasteiger partial charge in [-0.05, 0) is 32.4 Å². The molecule has 0 heterocycles. The Labute approximate surface area is 156 Å². The Hall–Kier alpha value is -2.44. The molecular weight excluding hydrogens is 332 g/mol. The molecule has 0 aliphatic rings. The zero-order valence-electron chi connectivity index (χ0n) is 16.5. The number of amides is 1. The van der Waals surface area contributed by atoms with Gasteiger partial charge in [-0.2, -0.15) is 0 Å². The van der Waals surface area contributed by atoms with E-state index in [9.17, 15) is 4.79 Å². The Morgan fingerprint density at radius 1 is 1.19 bits per heavy atom. The molecule has 0 bridgehead atoms. The molecule has 26 heavy (non-hydrogen) atoms. The van der Waals surface area contributed by atoms with Crippen LogP contribution in [0.15, 0.2) is 23.2 Å². The highest BCUT2D eigenvalue weighted by molar-refractivity contribution is 5.81. The number of hydrogen-bond acceptors (Lipinski definition) is 4. The summed E-state index contributed by atoms with van der Waals surface area (Å²) in [5.41, 5.74) is 0.958. The van der Waals surface area contributed by atoms with Gasteiger partial charge in [-0.3, -0.25) is 4.79 Å². The largest absolute Gasteiger partial charge is 0.497 e. The van der Waals surface area contributed by atoms with Gasteiger partial charge in [-0.25, -0.2) is 4.99 Å². The molecule has 0 radical (unpaired) electrons. The lowest BCUT2D eigenvalue weighted by Gasteiger charge is -2.14. The summed E-state index contributed by atoms with van der Waals surface area (Å²) in [5, 5.41) is 9.32. The molecule has 1 atom stereocenters. The van der Waals surface area contributed by atoms with Crippen molar-refractivity contribution >= 4 is 11.9 Å². The average Bonchev–Trinajstić information content (AvgIpc) is 2.65. The van der Waals surface area contributed by atoms with Crippen LogP contribution in [0.1, 0.15) is 39.2 Å². The summed E-state index contributed by atoms with van der Waals surface area (Å²) in [6, 6.07) is 5.86. The van der Waals surface area contributed by atoms with Crippen molar-refractivity contribution in [2.24, 2.45) is 4.99 Å². The van der Waals surface area contributed by atoms with E-state index in [1.54, 1.807) is 14.2 Å². The number of hydrogen-bond donors (Lipinski definition) is 3. The maximum atomic E-state index is 11.8. The van der Waals surface area contributed by atoms with Crippen molar-refractivity contribution in [2.75, 3.05) is 27.3 Å². The van der Waals surface area contributed by atoms with E-state index in [0.29, 0.717) is 25.5 Å². The van der Waals surface area contributed by atoms with Crippen LogP contribution in [-0.2, 0) is 11.3 Å². The number of nitrogens with one attached hydrogen (secondary N) is 3. The first kappa shape index (κ1) is 21.6. The SMILES string of the molecule is CCNC(=NCc1ccc(OC)cc1OC)NCCC(=O)NC(C)CC. The highest BCUT2D eigenvalue weighted by atomic mass is 16.5. The first-order valence-electron chi connectivity index (χ1n) is 9.06. The number of methoxy groups -OCH3 is 2. The van der Waals surface area contributed by atoms with Gasteiger partial charge in [-0.15, -0.1) is 0 Å². The number of carbonyl (C=O) groups is 1. The molecule has 1 rings (SSSR count). The van der Waals surface area contributed by atoms with Crippen LogP contribution >= 0.6 is 0 Å². The Balaban J connectivity index is 2.62. The molecule has 3 N–H and O–H groups in total. The van der Waals surface area contributed by atoms with Crippen molar-refractivity contribution in [3.05, 3.63) is 23.8 Å². The number of benzene rings is 1. The fourth-order valence-corrected chi connectivity index (χ4v) is 2.23. The van der Waals surface area contributed by atoms with Gasteiger partial charge in [0.2, 0.25) is 5.91 Å². The van der Waals surface area contributed by atoms with Gasteiger partial charge < -0.3 is 25.4 Å². The third kappa shape index (κ3) is 7.63. The molecule has 0 saturated carbocycles. The molecule has 7 heteroatoms. The summed E-state index contributed by atoms with van der Waals surface area (Å²) < 4.78 is 10.6. The molecule has 1 amide bonds. The van der Waals surface area contributed by atoms with Crippen molar-refractivity contribution in [1.29, 1.82) is 0 Å². The molecule has 1 aromatic rings. The summed E-state index contributed by atoms with van der Waals surface area (Å²) in [4.78, 5) is 16.4. The van der Waals surface area contributed by atoms with Gasteiger partial charge in [0.15, 0.2) is 5.96 Å². The van der Waals surface area contributed by atoms with Gasteiger partial charge in [-0.1, -0.05) is 6.92 Å². The second-order valence-electron chi connectivity index (χ2n) is 5.93. The van der Waals surface area contributed by atoms with E-state index >= 15 is 0 Å². The lowest BCUT2D eigenvalue weighted by molar-refractivity contribution is -0.121. The van der Waals surface area contributed by atoms with Crippen molar-refractivity contribution < 1.29 is 14.3 Å². The molecule has 0 aliphatic heterocycles. The first-order chi connectivity index (χ1) is 12.5. The Morgan fingerprint density at radius 3 is 2.58 bits per heavy atom. The quantitative estimate of drug-likeness (QED) is 0.437.